The number of amides is 2. The SMILES string of the molecule is O=C1N=C(NC2CC2c2cccc3c2OCCC32C(=O)N=C(NC3CC3)c3ccc(C(F)(F)F)nc32)c2ccc(C(F)(F)F)nc2C12CCc1ncccc12. The number of para-hydroxylation sites is 1. The number of alkyl halides is 6. The first-order chi connectivity index (χ1) is 26.3. The Bertz CT molecular complexity index is 2430. The summed E-state index contributed by atoms with van der Waals surface area (Å²) in [5.41, 5.74) is -2.79. The van der Waals surface area contributed by atoms with E-state index in [-0.39, 0.29) is 66.1 Å². The molecule has 3 aliphatic heterocycles. The van der Waals surface area contributed by atoms with Gasteiger partial charge < -0.3 is 15.4 Å². The van der Waals surface area contributed by atoms with E-state index in [1.807, 2.05) is 0 Å². The quantitative estimate of drug-likeness (QED) is 0.256. The largest absolute Gasteiger partial charge is 0.493 e. The predicted octanol–water partition coefficient (Wildman–Crippen LogP) is 5.68. The zero-order valence-corrected chi connectivity index (χ0v) is 28.7. The van der Waals surface area contributed by atoms with E-state index in [1.165, 1.54) is 12.1 Å². The first-order valence-corrected chi connectivity index (χ1v) is 18.0. The zero-order chi connectivity index (χ0) is 38.1. The number of aryl methyl sites for hydroxylation is 1. The van der Waals surface area contributed by atoms with Crippen molar-refractivity contribution in [2.75, 3.05) is 6.61 Å². The Morgan fingerprint density at radius 1 is 0.727 bits per heavy atom. The fourth-order valence-corrected chi connectivity index (χ4v) is 8.69. The van der Waals surface area contributed by atoms with Gasteiger partial charge in [-0.05, 0) is 73.6 Å². The number of carbonyl (C=O) groups is 2. The molecule has 4 atom stereocenters. The van der Waals surface area contributed by atoms with Crippen molar-refractivity contribution < 1.29 is 40.7 Å². The second-order valence-electron chi connectivity index (χ2n) is 14.9. The fourth-order valence-electron chi connectivity index (χ4n) is 8.69. The van der Waals surface area contributed by atoms with Crippen molar-refractivity contribution in [2.45, 2.75) is 79.7 Å². The summed E-state index contributed by atoms with van der Waals surface area (Å²) in [4.78, 5) is 49.5. The maximum Gasteiger partial charge on any atom is 0.433 e. The summed E-state index contributed by atoms with van der Waals surface area (Å²) in [5.74, 6) is -0.936. The first-order valence-electron chi connectivity index (χ1n) is 18.0. The second-order valence-corrected chi connectivity index (χ2v) is 14.9. The highest BCUT2D eigenvalue weighted by Crippen LogP contribution is 2.54. The Balaban J connectivity index is 1.01. The molecule has 6 aliphatic rings. The number of carbonyl (C=O) groups excluding carboxylic acids is 2. The van der Waals surface area contributed by atoms with E-state index in [0.29, 0.717) is 46.5 Å². The Hall–Kier alpha value is -5.67. The highest BCUT2D eigenvalue weighted by molar-refractivity contribution is 6.15. The van der Waals surface area contributed by atoms with Crippen molar-refractivity contribution in [3.63, 3.8) is 0 Å². The van der Waals surface area contributed by atoms with Gasteiger partial charge in [-0.3, -0.25) is 14.6 Å². The summed E-state index contributed by atoms with van der Waals surface area (Å²) in [6.45, 7) is -0.000944. The smallest absolute Gasteiger partial charge is 0.433 e. The molecule has 10 nitrogen and oxygen atoms in total. The minimum atomic E-state index is -4.76. The molecular formula is C39H29F6N7O3. The van der Waals surface area contributed by atoms with E-state index in [4.69, 9.17) is 4.74 Å². The van der Waals surface area contributed by atoms with Gasteiger partial charge >= 0.3 is 12.4 Å². The molecule has 2 saturated carbocycles. The molecule has 0 radical (unpaired) electrons. The van der Waals surface area contributed by atoms with Crippen molar-refractivity contribution in [3.05, 3.63) is 117 Å². The lowest BCUT2D eigenvalue weighted by Gasteiger charge is -2.40. The standard InChI is InChI=1S/C39H29F6N7O3/c40-38(41,42)27-11-9-21-30(49-27)36(13-12-25-23(36)5-2-15-46-25)34(53)52-33(21)48-26-17-22(26)19-3-1-4-24-29(19)55-16-14-37(24)31-20(8-10-28(50-31)39(43,44)45)32(51-35(37)54)47-18-6-7-18/h1-5,8-11,15,18,22,26H,6-7,12-14,16-17H2,(H,47,51,54)(H,48,52,53). The van der Waals surface area contributed by atoms with Gasteiger partial charge in [-0.1, -0.05) is 24.3 Å². The summed E-state index contributed by atoms with van der Waals surface area (Å²) in [7, 11) is 0. The molecule has 55 heavy (non-hydrogen) atoms. The number of aromatic nitrogens is 3. The van der Waals surface area contributed by atoms with Crippen LogP contribution in [0.1, 0.15) is 94.3 Å². The molecule has 280 valence electrons. The molecule has 0 bridgehead atoms. The summed E-state index contributed by atoms with van der Waals surface area (Å²) in [6, 6.07) is 12.5. The van der Waals surface area contributed by atoms with Gasteiger partial charge in [-0.25, -0.2) is 9.97 Å². The van der Waals surface area contributed by atoms with Gasteiger partial charge in [0, 0.05) is 53.0 Å². The molecule has 2 spiro atoms. The van der Waals surface area contributed by atoms with Gasteiger partial charge in [0.25, 0.3) is 11.8 Å². The third kappa shape index (κ3) is 5.05. The monoisotopic (exact) mass is 757 g/mol. The number of aliphatic imine (C=N–C) groups is 2. The lowest BCUT2D eigenvalue weighted by Crippen LogP contribution is -2.48. The lowest BCUT2D eigenvalue weighted by atomic mass is 9.69. The van der Waals surface area contributed by atoms with Crippen LogP contribution in [-0.4, -0.2) is 57.1 Å². The van der Waals surface area contributed by atoms with Crippen LogP contribution in [0.25, 0.3) is 0 Å². The molecule has 4 aromatic rings. The maximum atomic E-state index is 14.2. The zero-order valence-electron chi connectivity index (χ0n) is 28.7. The number of rotatable bonds is 3. The predicted molar refractivity (Wildman–Crippen MR) is 183 cm³/mol. The number of halogens is 6. The van der Waals surface area contributed by atoms with Crippen LogP contribution in [0, 0.1) is 0 Å². The summed E-state index contributed by atoms with van der Waals surface area (Å²) < 4.78 is 90.4. The number of pyridine rings is 3. The van der Waals surface area contributed by atoms with Gasteiger partial charge in [-0.2, -0.15) is 36.3 Å². The fraction of sp³-hybridized carbons (Fsp3) is 0.359. The van der Waals surface area contributed by atoms with Crippen LogP contribution >= 0.6 is 0 Å². The Labute approximate surface area is 308 Å². The molecule has 6 heterocycles. The van der Waals surface area contributed by atoms with E-state index in [0.717, 1.165) is 25.0 Å². The molecule has 10 rings (SSSR count). The van der Waals surface area contributed by atoms with Crippen molar-refractivity contribution in [3.8, 4) is 5.75 Å². The number of hydrogen-bond acceptors (Lipinski definition) is 8. The highest BCUT2D eigenvalue weighted by Gasteiger charge is 2.56. The van der Waals surface area contributed by atoms with Crippen LogP contribution in [-0.2, 0) is 39.2 Å². The Morgan fingerprint density at radius 2 is 1.35 bits per heavy atom. The minimum absolute atomic E-state index is 0.000944. The number of hydrogen-bond donors (Lipinski definition) is 2. The molecule has 16 heteroatoms. The second kappa shape index (κ2) is 11.4. The maximum absolute atomic E-state index is 14.2. The molecule has 2 amide bonds. The first kappa shape index (κ1) is 33.9. The van der Waals surface area contributed by atoms with Crippen molar-refractivity contribution in [2.24, 2.45) is 9.98 Å². The summed E-state index contributed by atoms with van der Waals surface area (Å²) in [6.07, 6.45) is -5.20. The van der Waals surface area contributed by atoms with Crippen LogP contribution in [0.2, 0.25) is 0 Å². The Kier molecular flexibility index (Phi) is 7.04. The number of nitrogens with zero attached hydrogens (tertiary/aromatic N) is 5. The number of benzene rings is 1. The van der Waals surface area contributed by atoms with Crippen LogP contribution in [0.3, 0.4) is 0 Å². The van der Waals surface area contributed by atoms with E-state index < -0.39 is 46.4 Å². The average Bonchev–Trinajstić information content (AvgIpc) is 4.09. The topological polar surface area (TPSA) is 131 Å². The number of nitrogens with one attached hydrogen (secondary N) is 2. The molecule has 3 aliphatic carbocycles. The van der Waals surface area contributed by atoms with E-state index >= 15 is 0 Å². The normalized spacial score (nSPS) is 26.4. The number of amidine groups is 2. The Morgan fingerprint density at radius 3 is 1.98 bits per heavy atom. The molecule has 2 fully saturated rings. The molecular weight excluding hydrogens is 728 g/mol. The van der Waals surface area contributed by atoms with Gasteiger partial charge in [0.15, 0.2) is 0 Å². The van der Waals surface area contributed by atoms with E-state index in [9.17, 15) is 35.9 Å². The highest BCUT2D eigenvalue weighted by atomic mass is 19.4. The van der Waals surface area contributed by atoms with Gasteiger partial charge in [0.2, 0.25) is 0 Å². The van der Waals surface area contributed by atoms with E-state index in [2.05, 4.69) is 35.6 Å². The molecule has 2 N–H and O–H groups in total. The third-order valence-electron chi connectivity index (χ3n) is 11.6. The van der Waals surface area contributed by atoms with Crippen molar-refractivity contribution in [1.82, 2.24) is 25.6 Å². The van der Waals surface area contributed by atoms with Gasteiger partial charge in [0.1, 0.15) is 39.6 Å². The average molecular weight is 758 g/mol. The van der Waals surface area contributed by atoms with Crippen molar-refractivity contribution >= 4 is 23.5 Å². The van der Waals surface area contributed by atoms with Crippen LogP contribution in [0.5, 0.6) is 5.75 Å². The third-order valence-corrected chi connectivity index (χ3v) is 11.6. The summed E-state index contributed by atoms with van der Waals surface area (Å²) >= 11 is 0. The van der Waals surface area contributed by atoms with E-state index in [1.54, 1.807) is 36.5 Å². The molecule has 3 aromatic heterocycles. The van der Waals surface area contributed by atoms with Crippen LogP contribution in [0.15, 0.2) is 70.8 Å². The summed E-state index contributed by atoms with van der Waals surface area (Å²) in [5, 5.41) is 6.45. The number of fused-ring (bicyclic) bond motifs is 8. The number of ether oxygens (including phenoxy) is 1. The molecule has 1 aromatic carbocycles. The molecule has 4 unspecified atom stereocenters. The minimum Gasteiger partial charge on any atom is -0.493 e. The van der Waals surface area contributed by atoms with Gasteiger partial charge in [0.05, 0.1) is 18.0 Å². The van der Waals surface area contributed by atoms with Crippen LogP contribution in [0.4, 0.5) is 26.3 Å². The van der Waals surface area contributed by atoms with Crippen molar-refractivity contribution in [1.29, 1.82) is 0 Å². The molecule has 0 saturated heterocycles. The van der Waals surface area contributed by atoms with Gasteiger partial charge in [-0.15, -0.1) is 0 Å². The lowest BCUT2D eigenvalue weighted by molar-refractivity contribution is -0.142. The van der Waals surface area contributed by atoms with Crippen LogP contribution < -0.4 is 15.4 Å².